The average Bonchev–Trinajstić information content (AvgIpc) is 3.25. The molecule has 1 saturated carbocycles. The van der Waals surface area contributed by atoms with Crippen molar-refractivity contribution in [3.05, 3.63) is 58.7 Å². The van der Waals surface area contributed by atoms with Gasteiger partial charge in [-0.3, -0.25) is 0 Å². The zero-order valence-corrected chi connectivity index (χ0v) is 18.2. The first-order chi connectivity index (χ1) is 14.5. The van der Waals surface area contributed by atoms with Gasteiger partial charge in [0, 0.05) is 11.5 Å². The molecule has 1 fully saturated rings. The third-order valence-electron chi connectivity index (χ3n) is 7.26. The Morgan fingerprint density at radius 3 is 2.60 bits per heavy atom. The first-order valence-electron chi connectivity index (χ1n) is 11.1. The first kappa shape index (κ1) is 17.9. The monoisotopic (exact) mass is 395 g/mol. The summed E-state index contributed by atoms with van der Waals surface area (Å²) in [6.07, 6.45) is 5.28. The molecule has 0 radical (unpaired) electrons. The van der Waals surface area contributed by atoms with E-state index < -0.39 is 0 Å². The SMILES string of the molecule is Cc1cc2c3c(c(C)c(C)cc3c1)-c1c(nc3cc(C4CCCC4)ccc3[n+]1C)O2. The van der Waals surface area contributed by atoms with E-state index in [2.05, 4.69) is 68.8 Å². The van der Waals surface area contributed by atoms with Crippen LogP contribution in [0.1, 0.15) is 53.9 Å². The normalized spacial score (nSPS) is 15.6. The predicted molar refractivity (Wildman–Crippen MR) is 121 cm³/mol. The molecule has 4 aromatic rings. The fourth-order valence-corrected chi connectivity index (χ4v) is 5.57. The van der Waals surface area contributed by atoms with Crippen molar-refractivity contribution < 1.29 is 9.30 Å². The van der Waals surface area contributed by atoms with Gasteiger partial charge in [0.1, 0.15) is 18.3 Å². The standard InChI is InChI=1S/C27H27N2O/c1-15-11-20-13-16(2)17(3)24-25(20)23(12-15)30-27-26(24)29(4)22-10-9-19(14-21(22)28-27)18-7-5-6-8-18/h9-14,18H,5-8H2,1-4H3/q+1. The Morgan fingerprint density at radius 1 is 1.00 bits per heavy atom. The summed E-state index contributed by atoms with van der Waals surface area (Å²) < 4.78 is 8.73. The topological polar surface area (TPSA) is 26.0 Å². The lowest BCUT2D eigenvalue weighted by Crippen LogP contribution is -2.34. The largest absolute Gasteiger partial charge is 0.433 e. The number of ether oxygens (including phenoxy) is 1. The summed E-state index contributed by atoms with van der Waals surface area (Å²) in [6.45, 7) is 6.55. The van der Waals surface area contributed by atoms with Crippen LogP contribution in [0, 0.1) is 20.8 Å². The van der Waals surface area contributed by atoms with Gasteiger partial charge in [-0.15, -0.1) is 0 Å². The summed E-state index contributed by atoms with van der Waals surface area (Å²) in [6, 6.07) is 13.5. The molecule has 2 aliphatic rings. The van der Waals surface area contributed by atoms with Gasteiger partial charge in [-0.25, -0.2) is 4.98 Å². The molecule has 0 unspecified atom stereocenters. The Hall–Kier alpha value is -2.94. The maximum atomic E-state index is 6.45. The highest BCUT2D eigenvalue weighted by Crippen LogP contribution is 2.47. The van der Waals surface area contributed by atoms with E-state index >= 15 is 0 Å². The van der Waals surface area contributed by atoms with Crippen LogP contribution >= 0.6 is 0 Å². The number of benzene rings is 3. The Balaban J connectivity index is 1.66. The fourth-order valence-electron chi connectivity index (χ4n) is 5.57. The number of fused-ring (bicyclic) bond motifs is 3. The van der Waals surface area contributed by atoms with Crippen molar-refractivity contribution in [1.82, 2.24) is 4.98 Å². The molecule has 3 nitrogen and oxygen atoms in total. The number of nitrogens with zero attached hydrogens (tertiary/aromatic N) is 2. The molecule has 0 saturated heterocycles. The van der Waals surface area contributed by atoms with Crippen molar-refractivity contribution in [2.75, 3.05) is 0 Å². The van der Waals surface area contributed by atoms with Crippen molar-refractivity contribution >= 4 is 21.8 Å². The van der Waals surface area contributed by atoms with Crippen LogP contribution in [0.4, 0.5) is 0 Å². The summed E-state index contributed by atoms with van der Waals surface area (Å²) in [5, 5.41) is 2.45. The molecule has 6 rings (SSSR count). The van der Waals surface area contributed by atoms with Gasteiger partial charge in [-0.1, -0.05) is 31.0 Å². The van der Waals surface area contributed by atoms with E-state index in [0.717, 1.165) is 28.4 Å². The Labute approximate surface area is 177 Å². The second kappa shape index (κ2) is 6.28. The third-order valence-corrected chi connectivity index (χ3v) is 7.26. The van der Waals surface area contributed by atoms with Gasteiger partial charge >= 0.3 is 0 Å². The summed E-state index contributed by atoms with van der Waals surface area (Å²) in [5.74, 6) is 2.33. The number of rotatable bonds is 1. The number of aryl methyl sites for hydroxylation is 3. The van der Waals surface area contributed by atoms with Crippen molar-refractivity contribution in [3.63, 3.8) is 0 Å². The smallest absolute Gasteiger partial charge is 0.294 e. The molecule has 30 heavy (non-hydrogen) atoms. The third kappa shape index (κ3) is 2.44. The lowest BCUT2D eigenvalue weighted by Gasteiger charge is -2.22. The molecular weight excluding hydrogens is 368 g/mol. The van der Waals surface area contributed by atoms with E-state index in [1.165, 1.54) is 64.3 Å². The molecule has 0 bridgehead atoms. The second-order valence-corrected chi connectivity index (χ2v) is 9.21. The van der Waals surface area contributed by atoms with Gasteiger partial charge in [0.05, 0.1) is 5.56 Å². The van der Waals surface area contributed by atoms with Gasteiger partial charge in [-0.05, 0) is 79.3 Å². The molecule has 1 aliphatic heterocycles. The van der Waals surface area contributed by atoms with Crippen LogP contribution in [0.15, 0.2) is 36.4 Å². The van der Waals surface area contributed by atoms with Gasteiger partial charge in [0.25, 0.3) is 11.6 Å². The van der Waals surface area contributed by atoms with Crippen molar-refractivity contribution in [3.8, 4) is 22.9 Å². The highest BCUT2D eigenvalue weighted by Gasteiger charge is 2.33. The molecule has 0 atom stereocenters. The van der Waals surface area contributed by atoms with Crippen LogP contribution in [0.2, 0.25) is 0 Å². The maximum absolute atomic E-state index is 6.45. The first-order valence-corrected chi connectivity index (χ1v) is 11.1. The summed E-state index contributed by atoms with van der Waals surface area (Å²) in [5.41, 5.74) is 9.77. The van der Waals surface area contributed by atoms with Crippen LogP contribution in [-0.4, -0.2) is 4.98 Å². The second-order valence-electron chi connectivity index (χ2n) is 9.21. The van der Waals surface area contributed by atoms with E-state index in [1.807, 2.05) is 0 Å². The fraction of sp³-hybridized carbons (Fsp3) is 0.333. The highest BCUT2D eigenvalue weighted by atomic mass is 16.5. The molecule has 0 amide bonds. The minimum Gasteiger partial charge on any atom is -0.433 e. The molecule has 0 spiro atoms. The summed E-state index contributed by atoms with van der Waals surface area (Å²) in [7, 11) is 2.15. The molecule has 2 heterocycles. The predicted octanol–water partition coefficient (Wildman–Crippen LogP) is 6.57. The Morgan fingerprint density at radius 2 is 1.80 bits per heavy atom. The Bertz CT molecular complexity index is 1360. The van der Waals surface area contributed by atoms with E-state index in [-0.39, 0.29) is 0 Å². The lowest BCUT2D eigenvalue weighted by atomic mass is 9.90. The minimum atomic E-state index is 0.681. The van der Waals surface area contributed by atoms with Gasteiger partial charge in [-0.2, -0.15) is 4.57 Å². The van der Waals surface area contributed by atoms with E-state index in [0.29, 0.717) is 5.92 Å². The van der Waals surface area contributed by atoms with E-state index in [4.69, 9.17) is 9.72 Å². The van der Waals surface area contributed by atoms with Crippen LogP contribution < -0.4 is 9.30 Å². The average molecular weight is 396 g/mol. The van der Waals surface area contributed by atoms with Gasteiger partial charge in [0.15, 0.2) is 0 Å². The summed E-state index contributed by atoms with van der Waals surface area (Å²) >= 11 is 0. The maximum Gasteiger partial charge on any atom is 0.294 e. The van der Waals surface area contributed by atoms with Gasteiger partial charge in [0.2, 0.25) is 5.52 Å². The summed E-state index contributed by atoms with van der Waals surface area (Å²) in [4.78, 5) is 5.05. The quantitative estimate of drug-likeness (QED) is 0.300. The molecule has 1 aromatic heterocycles. The minimum absolute atomic E-state index is 0.681. The lowest BCUT2D eigenvalue weighted by molar-refractivity contribution is -0.634. The number of hydrogen-bond donors (Lipinski definition) is 0. The number of hydrogen-bond acceptors (Lipinski definition) is 2. The van der Waals surface area contributed by atoms with Crippen LogP contribution in [0.3, 0.4) is 0 Å². The molecule has 0 N–H and O–H groups in total. The van der Waals surface area contributed by atoms with E-state index in [1.54, 1.807) is 0 Å². The Kier molecular flexibility index (Phi) is 3.74. The molecule has 150 valence electrons. The van der Waals surface area contributed by atoms with Crippen LogP contribution in [0.5, 0.6) is 11.6 Å². The van der Waals surface area contributed by atoms with Crippen molar-refractivity contribution in [2.45, 2.75) is 52.4 Å². The van der Waals surface area contributed by atoms with Crippen LogP contribution in [0.25, 0.3) is 33.1 Å². The zero-order chi connectivity index (χ0) is 20.6. The molecular formula is C27H27N2O+. The number of aromatic nitrogens is 2. The van der Waals surface area contributed by atoms with Gasteiger partial charge < -0.3 is 4.74 Å². The molecule has 3 aromatic carbocycles. The molecule has 1 aliphatic carbocycles. The van der Waals surface area contributed by atoms with Crippen molar-refractivity contribution in [1.29, 1.82) is 0 Å². The zero-order valence-electron chi connectivity index (χ0n) is 18.2. The van der Waals surface area contributed by atoms with Crippen LogP contribution in [-0.2, 0) is 7.05 Å². The highest BCUT2D eigenvalue weighted by molar-refractivity contribution is 6.05. The van der Waals surface area contributed by atoms with Crippen molar-refractivity contribution in [2.24, 2.45) is 7.05 Å². The van der Waals surface area contributed by atoms with E-state index in [9.17, 15) is 0 Å². The molecule has 3 heteroatoms.